The Labute approximate surface area is 89.9 Å². The highest BCUT2D eigenvalue weighted by Crippen LogP contribution is 2.34. The molecule has 0 radical (unpaired) electrons. The molecule has 0 aromatic carbocycles. The highest BCUT2D eigenvalue weighted by Gasteiger charge is 2.24. The third-order valence-corrected chi connectivity index (χ3v) is 3.66. The normalized spacial score (nSPS) is 26.8. The maximum absolute atomic E-state index is 4.60. The first kappa shape index (κ1) is 9.33. The molecular formula is C11H18N4. The Morgan fingerprint density at radius 3 is 2.87 bits per heavy atom. The van der Waals surface area contributed by atoms with Gasteiger partial charge in [0.15, 0.2) is 5.82 Å². The number of hydrogen-bond donors (Lipinski definition) is 2. The number of rotatable bonds is 3. The molecule has 1 aliphatic carbocycles. The molecule has 4 heteroatoms. The summed E-state index contributed by atoms with van der Waals surface area (Å²) in [6.45, 7) is 2.30. The Morgan fingerprint density at radius 2 is 2.20 bits per heavy atom. The zero-order valence-electron chi connectivity index (χ0n) is 9.00. The van der Waals surface area contributed by atoms with Crippen LogP contribution in [-0.2, 0) is 6.42 Å². The zero-order chi connectivity index (χ0) is 10.1. The molecule has 0 amide bonds. The molecule has 1 aliphatic heterocycles. The molecule has 2 N–H and O–H groups in total. The van der Waals surface area contributed by atoms with Gasteiger partial charge < -0.3 is 5.32 Å². The van der Waals surface area contributed by atoms with E-state index < -0.39 is 0 Å². The highest BCUT2D eigenvalue weighted by atomic mass is 15.2. The van der Waals surface area contributed by atoms with Gasteiger partial charge in [-0.05, 0) is 38.3 Å². The molecular weight excluding hydrogens is 188 g/mol. The summed E-state index contributed by atoms with van der Waals surface area (Å²) in [4.78, 5) is 4.60. The lowest BCUT2D eigenvalue weighted by atomic mass is 9.85. The van der Waals surface area contributed by atoms with Crippen LogP contribution in [0.15, 0.2) is 0 Å². The maximum Gasteiger partial charge on any atom is 0.153 e. The van der Waals surface area contributed by atoms with Gasteiger partial charge >= 0.3 is 0 Å². The summed E-state index contributed by atoms with van der Waals surface area (Å²) in [5, 5.41) is 10.8. The first-order valence-electron chi connectivity index (χ1n) is 6.04. The van der Waals surface area contributed by atoms with Crippen LogP contribution in [0.25, 0.3) is 0 Å². The monoisotopic (exact) mass is 206 g/mol. The molecule has 2 aliphatic rings. The number of aromatic nitrogens is 3. The summed E-state index contributed by atoms with van der Waals surface area (Å²) in [5.74, 6) is 3.55. The second kappa shape index (κ2) is 3.93. The average Bonchev–Trinajstić information content (AvgIpc) is 2.75. The van der Waals surface area contributed by atoms with Crippen molar-refractivity contribution in [1.82, 2.24) is 20.5 Å². The average molecular weight is 206 g/mol. The minimum absolute atomic E-state index is 0.650. The second-order valence-corrected chi connectivity index (χ2v) is 4.83. The van der Waals surface area contributed by atoms with Gasteiger partial charge in [0, 0.05) is 12.3 Å². The van der Waals surface area contributed by atoms with Crippen molar-refractivity contribution in [2.45, 2.75) is 38.0 Å². The standard InChI is InChI=1S/C11H18N4/c1-2-9(3-1)11-13-10(14-15-11)6-8-4-5-12-7-8/h8-9,12H,1-7H2,(H,13,14,15). The van der Waals surface area contributed by atoms with Gasteiger partial charge in [-0.3, -0.25) is 5.10 Å². The van der Waals surface area contributed by atoms with E-state index in [0.717, 1.165) is 37.1 Å². The van der Waals surface area contributed by atoms with E-state index in [4.69, 9.17) is 0 Å². The Balaban J connectivity index is 1.62. The third-order valence-electron chi connectivity index (χ3n) is 3.66. The minimum Gasteiger partial charge on any atom is -0.316 e. The summed E-state index contributed by atoms with van der Waals surface area (Å²) in [6, 6.07) is 0. The molecule has 1 unspecified atom stereocenters. The predicted octanol–water partition coefficient (Wildman–Crippen LogP) is 1.22. The van der Waals surface area contributed by atoms with E-state index in [1.54, 1.807) is 0 Å². The highest BCUT2D eigenvalue weighted by molar-refractivity contribution is 5.02. The Bertz CT molecular complexity index is 323. The Morgan fingerprint density at radius 1 is 1.27 bits per heavy atom. The largest absolute Gasteiger partial charge is 0.316 e. The van der Waals surface area contributed by atoms with E-state index in [1.165, 1.54) is 25.7 Å². The lowest BCUT2D eigenvalue weighted by Gasteiger charge is -2.21. The van der Waals surface area contributed by atoms with E-state index in [9.17, 15) is 0 Å². The van der Waals surface area contributed by atoms with Gasteiger partial charge in [0.05, 0.1) is 0 Å². The second-order valence-electron chi connectivity index (χ2n) is 4.83. The number of aromatic amines is 1. The number of nitrogens with zero attached hydrogens (tertiary/aromatic N) is 2. The van der Waals surface area contributed by atoms with Crippen molar-refractivity contribution in [1.29, 1.82) is 0 Å². The summed E-state index contributed by atoms with van der Waals surface area (Å²) in [5.41, 5.74) is 0. The Hall–Kier alpha value is -0.900. The van der Waals surface area contributed by atoms with Gasteiger partial charge in [0.2, 0.25) is 0 Å². The molecule has 1 aromatic heterocycles. The minimum atomic E-state index is 0.650. The predicted molar refractivity (Wildman–Crippen MR) is 57.7 cm³/mol. The van der Waals surface area contributed by atoms with Crippen LogP contribution < -0.4 is 5.32 Å². The molecule has 1 saturated heterocycles. The molecule has 1 atom stereocenters. The van der Waals surface area contributed by atoms with Crippen LogP contribution in [0.2, 0.25) is 0 Å². The third kappa shape index (κ3) is 1.91. The lowest BCUT2D eigenvalue weighted by Crippen LogP contribution is -2.12. The van der Waals surface area contributed by atoms with E-state index in [-0.39, 0.29) is 0 Å². The topological polar surface area (TPSA) is 53.6 Å². The molecule has 3 rings (SSSR count). The molecule has 0 bridgehead atoms. The van der Waals surface area contributed by atoms with Crippen molar-refractivity contribution >= 4 is 0 Å². The molecule has 2 heterocycles. The molecule has 0 spiro atoms. The first-order valence-corrected chi connectivity index (χ1v) is 6.04. The smallest absolute Gasteiger partial charge is 0.153 e. The number of hydrogen-bond acceptors (Lipinski definition) is 3. The van der Waals surface area contributed by atoms with Gasteiger partial charge in [-0.15, -0.1) is 0 Å². The van der Waals surface area contributed by atoms with Crippen LogP contribution in [0.1, 0.15) is 43.3 Å². The quantitative estimate of drug-likeness (QED) is 0.782. The fraction of sp³-hybridized carbons (Fsp3) is 0.818. The van der Waals surface area contributed by atoms with Gasteiger partial charge in [0.1, 0.15) is 5.82 Å². The molecule has 15 heavy (non-hydrogen) atoms. The van der Waals surface area contributed by atoms with Crippen molar-refractivity contribution in [3.8, 4) is 0 Å². The summed E-state index contributed by atoms with van der Waals surface area (Å²) in [7, 11) is 0. The van der Waals surface area contributed by atoms with Crippen molar-refractivity contribution in [3.63, 3.8) is 0 Å². The molecule has 1 saturated carbocycles. The lowest BCUT2D eigenvalue weighted by molar-refractivity contribution is 0.402. The van der Waals surface area contributed by atoms with Crippen LogP contribution in [0, 0.1) is 5.92 Å². The van der Waals surface area contributed by atoms with Crippen LogP contribution in [0.4, 0.5) is 0 Å². The van der Waals surface area contributed by atoms with Crippen molar-refractivity contribution < 1.29 is 0 Å². The summed E-state index contributed by atoms with van der Waals surface area (Å²) >= 11 is 0. The first-order chi connectivity index (χ1) is 7.42. The van der Waals surface area contributed by atoms with E-state index in [0.29, 0.717) is 5.92 Å². The Kier molecular flexibility index (Phi) is 2.44. The van der Waals surface area contributed by atoms with Gasteiger partial charge in [-0.1, -0.05) is 6.42 Å². The van der Waals surface area contributed by atoms with Gasteiger partial charge in [0.25, 0.3) is 0 Å². The number of H-pyrrole nitrogens is 1. The van der Waals surface area contributed by atoms with Gasteiger partial charge in [-0.2, -0.15) is 5.10 Å². The molecule has 2 fully saturated rings. The summed E-state index contributed by atoms with van der Waals surface area (Å²) in [6.07, 6.45) is 6.25. The molecule has 4 nitrogen and oxygen atoms in total. The van der Waals surface area contributed by atoms with E-state index in [1.807, 2.05) is 0 Å². The van der Waals surface area contributed by atoms with Gasteiger partial charge in [-0.25, -0.2) is 4.98 Å². The van der Waals surface area contributed by atoms with Crippen molar-refractivity contribution in [3.05, 3.63) is 11.6 Å². The fourth-order valence-corrected chi connectivity index (χ4v) is 2.41. The van der Waals surface area contributed by atoms with Crippen LogP contribution in [0.3, 0.4) is 0 Å². The molecule has 82 valence electrons. The van der Waals surface area contributed by atoms with E-state index in [2.05, 4.69) is 20.5 Å². The fourth-order valence-electron chi connectivity index (χ4n) is 2.41. The summed E-state index contributed by atoms with van der Waals surface area (Å²) < 4.78 is 0. The molecule has 1 aromatic rings. The van der Waals surface area contributed by atoms with E-state index >= 15 is 0 Å². The maximum atomic E-state index is 4.60. The van der Waals surface area contributed by atoms with Crippen molar-refractivity contribution in [2.24, 2.45) is 5.92 Å². The van der Waals surface area contributed by atoms with Crippen LogP contribution in [-0.4, -0.2) is 28.3 Å². The zero-order valence-corrected chi connectivity index (χ0v) is 9.00. The number of nitrogens with one attached hydrogen (secondary N) is 2. The van der Waals surface area contributed by atoms with Crippen LogP contribution >= 0.6 is 0 Å². The van der Waals surface area contributed by atoms with Crippen LogP contribution in [0.5, 0.6) is 0 Å². The van der Waals surface area contributed by atoms with Crippen molar-refractivity contribution in [2.75, 3.05) is 13.1 Å². The SMILES string of the molecule is C1CC(c2n[nH]c(CC3CCNC3)n2)C1.